The molecular weight excluding hydrogens is 380 g/mol. The van der Waals surface area contributed by atoms with E-state index in [2.05, 4.69) is 4.98 Å². The Bertz CT molecular complexity index is 944. The number of carbonyl (C=O) groups excluding carboxylic acids is 2. The lowest BCUT2D eigenvalue weighted by Crippen LogP contribution is -2.25. The first-order valence-corrected chi connectivity index (χ1v) is 9.61. The van der Waals surface area contributed by atoms with Gasteiger partial charge in [-0.25, -0.2) is 9.78 Å². The van der Waals surface area contributed by atoms with E-state index in [1.165, 1.54) is 11.3 Å². The Balaban J connectivity index is 1.53. The number of Topliss-reactive ketones (excluding diaryl/α,β-unsaturated/α-hetero) is 1. The Morgan fingerprint density at radius 3 is 2.86 bits per heavy atom. The van der Waals surface area contributed by atoms with Crippen LogP contribution in [0.5, 0.6) is 11.5 Å². The van der Waals surface area contributed by atoms with E-state index in [1.54, 1.807) is 18.4 Å². The summed E-state index contributed by atoms with van der Waals surface area (Å²) in [6, 6.07) is 7.41. The molecule has 0 spiro atoms. The van der Waals surface area contributed by atoms with Crippen molar-refractivity contribution in [1.29, 1.82) is 5.26 Å². The number of thiazole rings is 1. The van der Waals surface area contributed by atoms with Gasteiger partial charge in [0.15, 0.2) is 36.4 Å². The van der Waals surface area contributed by atoms with Gasteiger partial charge in [0.25, 0.3) is 0 Å². The zero-order valence-electron chi connectivity index (χ0n) is 15.9. The van der Waals surface area contributed by atoms with Crippen molar-refractivity contribution in [2.45, 2.75) is 38.7 Å². The number of rotatable bonds is 7. The second-order valence-corrected chi connectivity index (χ2v) is 7.98. The first-order valence-electron chi connectivity index (χ1n) is 8.73. The van der Waals surface area contributed by atoms with Crippen molar-refractivity contribution >= 4 is 23.1 Å². The second-order valence-electron chi connectivity index (χ2n) is 7.09. The predicted octanol–water partition coefficient (Wildman–Crippen LogP) is 2.96. The number of fused-ring (bicyclic) bond motifs is 1. The molecule has 1 aliphatic rings. The highest BCUT2D eigenvalue weighted by molar-refractivity contribution is 7.09. The fourth-order valence-electron chi connectivity index (χ4n) is 2.88. The molecule has 1 unspecified atom stereocenters. The van der Waals surface area contributed by atoms with Crippen molar-refractivity contribution in [3.8, 4) is 17.6 Å². The van der Waals surface area contributed by atoms with Gasteiger partial charge in [-0.1, -0.05) is 12.1 Å². The SMILES string of the molecule is Cc1csc(C(C#N)C(=O)COC(=O)COc2cccc3c2OC(C)(C)C3)n1. The van der Waals surface area contributed by atoms with E-state index in [1.807, 2.05) is 32.0 Å². The van der Waals surface area contributed by atoms with Gasteiger partial charge in [-0.15, -0.1) is 11.3 Å². The van der Waals surface area contributed by atoms with Crippen molar-refractivity contribution in [2.75, 3.05) is 13.2 Å². The molecule has 1 atom stereocenters. The number of nitrogens with zero attached hydrogens (tertiary/aromatic N) is 2. The van der Waals surface area contributed by atoms with E-state index < -0.39 is 24.3 Å². The molecule has 0 radical (unpaired) electrons. The van der Waals surface area contributed by atoms with E-state index in [9.17, 15) is 14.9 Å². The van der Waals surface area contributed by atoms with Crippen LogP contribution in [0, 0.1) is 18.3 Å². The van der Waals surface area contributed by atoms with E-state index in [0.717, 1.165) is 17.7 Å². The molecule has 1 aromatic heterocycles. The Morgan fingerprint density at radius 2 is 2.18 bits per heavy atom. The topological polar surface area (TPSA) is 98.5 Å². The summed E-state index contributed by atoms with van der Waals surface area (Å²) in [5, 5.41) is 11.4. The van der Waals surface area contributed by atoms with Gasteiger partial charge in [-0.3, -0.25) is 4.79 Å². The number of nitriles is 1. The molecule has 1 aliphatic heterocycles. The van der Waals surface area contributed by atoms with Crippen LogP contribution in [0.1, 0.15) is 36.0 Å². The smallest absolute Gasteiger partial charge is 0.344 e. The predicted molar refractivity (Wildman–Crippen MR) is 102 cm³/mol. The maximum absolute atomic E-state index is 12.2. The van der Waals surface area contributed by atoms with Gasteiger partial charge in [-0.05, 0) is 26.8 Å². The standard InChI is InChI=1S/C20H20N2O5S/c1-12-11-28-19(22-12)14(8-21)15(23)9-26-17(24)10-25-16-6-4-5-13-7-20(2,3)27-18(13)16/h4-6,11,14H,7,9-10H2,1-3H3. The van der Waals surface area contributed by atoms with Crippen molar-refractivity contribution < 1.29 is 23.8 Å². The van der Waals surface area contributed by atoms with Crippen LogP contribution in [0.2, 0.25) is 0 Å². The molecule has 3 rings (SSSR count). The molecular formula is C20H20N2O5S. The van der Waals surface area contributed by atoms with E-state index >= 15 is 0 Å². The lowest BCUT2D eigenvalue weighted by molar-refractivity contribution is -0.150. The minimum atomic E-state index is -1.04. The van der Waals surface area contributed by atoms with Crippen LogP contribution < -0.4 is 9.47 Å². The Labute approximate surface area is 166 Å². The average Bonchev–Trinajstić information content (AvgIpc) is 3.20. The van der Waals surface area contributed by atoms with Gasteiger partial charge in [-0.2, -0.15) is 5.26 Å². The number of carbonyl (C=O) groups is 2. The number of benzene rings is 1. The highest BCUT2D eigenvalue weighted by atomic mass is 32.1. The summed E-state index contributed by atoms with van der Waals surface area (Å²) in [5.41, 5.74) is 1.43. The van der Waals surface area contributed by atoms with Gasteiger partial charge < -0.3 is 14.2 Å². The van der Waals surface area contributed by atoms with Crippen molar-refractivity contribution in [1.82, 2.24) is 4.98 Å². The normalized spacial score (nSPS) is 15.1. The average molecular weight is 400 g/mol. The summed E-state index contributed by atoms with van der Waals surface area (Å²) in [4.78, 5) is 28.3. The molecule has 1 aromatic carbocycles. The molecule has 0 N–H and O–H groups in total. The number of para-hydroxylation sites is 1. The summed E-state index contributed by atoms with van der Waals surface area (Å²) in [7, 11) is 0. The van der Waals surface area contributed by atoms with Gasteiger partial charge in [0, 0.05) is 23.1 Å². The lowest BCUT2D eigenvalue weighted by atomic mass is 10.0. The first kappa shape index (κ1) is 19.8. The van der Waals surface area contributed by atoms with E-state index in [-0.39, 0.29) is 12.2 Å². The van der Waals surface area contributed by atoms with Crippen LogP contribution in [-0.4, -0.2) is 35.6 Å². The highest BCUT2D eigenvalue weighted by Gasteiger charge is 2.32. The van der Waals surface area contributed by atoms with Crippen LogP contribution in [0.4, 0.5) is 0 Å². The zero-order valence-corrected chi connectivity index (χ0v) is 16.7. The fourth-order valence-corrected chi connectivity index (χ4v) is 3.74. The number of esters is 1. The number of ether oxygens (including phenoxy) is 3. The Hall–Kier alpha value is -2.92. The number of hydrogen-bond acceptors (Lipinski definition) is 8. The molecule has 0 amide bonds. The van der Waals surface area contributed by atoms with Gasteiger partial charge in [0.2, 0.25) is 0 Å². The maximum Gasteiger partial charge on any atom is 0.344 e. The molecule has 0 saturated carbocycles. The quantitative estimate of drug-likeness (QED) is 0.659. The lowest BCUT2D eigenvalue weighted by Gasteiger charge is -2.18. The number of ketones is 1. The fraction of sp³-hybridized carbons (Fsp3) is 0.400. The monoisotopic (exact) mass is 400 g/mol. The van der Waals surface area contributed by atoms with Gasteiger partial charge in [0.1, 0.15) is 10.6 Å². The van der Waals surface area contributed by atoms with Crippen molar-refractivity contribution in [3.63, 3.8) is 0 Å². The molecule has 0 fully saturated rings. The second kappa shape index (κ2) is 7.98. The summed E-state index contributed by atoms with van der Waals surface area (Å²) in [6.45, 7) is 4.87. The van der Waals surface area contributed by atoms with Crippen molar-refractivity contribution in [2.24, 2.45) is 0 Å². The van der Waals surface area contributed by atoms with Crippen molar-refractivity contribution in [3.05, 3.63) is 39.8 Å². The molecule has 0 aliphatic carbocycles. The minimum absolute atomic E-state index is 0.324. The minimum Gasteiger partial charge on any atom is -0.483 e. The summed E-state index contributed by atoms with van der Waals surface area (Å²) < 4.78 is 16.4. The van der Waals surface area contributed by atoms with Crippen LogP contribution >= 0.6 is 11.3 Å². The molecule has 146 valence electrons. The maximum atomic E-state index is 12.2. The van der Waals surface area contributed by atoms with Crippen LogP contribution in [0.15, 0.2) is 23.6 Å². The third-order valence-electron chi connectivity index (χ3n) is 4.11. The first-order chi connectivity index (χ1) is 13.3. The van der Waals surface area contributed by atoms with Crippen LogP contribution in [0.3, 0.4) is 0 Å². The molecule has 2 aromatic rings. The number of hydrogen-bond donors (Lipinski definition) is 0. The molecule has 7 nitrogen and oxygen atoms in total. The number of aromatic nitrogens is 1. The third-order valence-corrected chi connectivity index (χ3v) is 5.14. The zero-order chi connectivity index (χ0) is 20.3. The highest BCUT2D eigenvalue weighted by Crippen LogP contribution is 2.41. The van der Waals surface area contributed by atoms with Crippen LogP contribution in [-0.2, 0) is 20.7 Å². The molecule has 0 saturated heterocycles. The van der Waals surface area contributed by atoms with E-state index in [4.69, 9.17) is 14.2 Å². The molecule has 8 heteroatoms. The summed E-state index contributed by atoms with van der Waals surface area (Å²) >= 11 is 1.23. The third kappa shape index (κ3) is 4.49. The molecule has 28 heavy (non-hydrogen) atoms. The molecule has 0 bridgehead atoms. The Kier molecular flexibility index (Phi) is 5.66. The largest absolute Gasteiger partial charge is 0.483 e. The van der Waals surface area contributed by atoms with Gasteiger partial charge in [0.05, 0.1) is 6.07 Å². The summed E-state index contributed by atoms with van der Waals surface area (Å²) in [6.07, 6.45) is 0.754. The Morgan fingerprint density at radius 1 is 1.39 bits per heavy atom. The molecule has 2 heterocycles. The summed E-state index contributed by atoms with van der Waals surface area (Å²) in [5.74, 6) is -1.17. The van der Waals surface area contributed by atoms with E-state index in [0.29, 0.717) is 16.5 Å². The number of aryl methyl sites for hydroxylation is 1. The van der Waals surface area contributed by atoms with Gasteiger partial charge >= 0.3 is 5.97 Å². The van der Waals surface area contributed by atoms with Crippen LogP contribution in [0.25, 0.3) is 0 Å².